The molecule has 0 spiro atoms. The Bertz CT molecular complexity index is 800. The second-order valence-corrected chi connectivity index (χ2v) is 7.93. The van der Waals surface area contributed by atoms with E-state index in [1.165, 1.54) is 11.4 Å². The van der Waals surface area contributed by atoms with Gasteiger partial charge in [0.25, 0.3) is 5.91 Å². The van der Waals surface area contributed by atoms with Crippen molar-refractivity contribution in [1.29, 1.82) is 0 Å². The summed E-state index contributed by atoms with van der Waals surface area (Å²) in [5, 5.41) is 9.26. The SMILES string of the molecule is CCCCOc1cccc(CNC(=O)c2csc(S(N)(=O)=O)c2)c1. The number of ether oxygens (including phenoxy) is 1. The number of primary sulfonamides is 1. The summed E-state index contributed by atoms with van der Waals surface area (Å²) >= 11 is 0.926. The minimum absolute atomic E-state index is 0.0287. The Morgan fingerprint density at radius 2 is 2.12 bits per heavy atom. The van der Waals surface area contributed by atoms with Crippen molar-refractivity contribution in [1.82, 2.24) is 5.32 Å². The van der Waals surface area contributed by atoms with Crippen LogP contribution >= 0.6 is 11.3 Å². The molecule has 6 nitrogen and oxygen atoms in total. The van der Waals surface area contributed by atoms with E-state index in [4.69, 9.17) is 9.88 Å². The van der Waals surface area contributed by atoms with Crippen LogP contribution in [-0.4, -0.2) is 20.9 Å². The Kier molecular flexibility index (Phi) is 6.36. The number of unbranched alkanes of at least 4 members (excludes halogenated alkanes) is 1. The number of hydrogen-bond acceptors (Lipinski definition) is 5. The summed E-state index contributed by atoms with van der Waals surface area (Å²) in [6.45, 7) is 3.09. The standard InChI is InChI=1S/C16H20N2O4S2/c1-2-3-7-22-14-6-4-5-12(8-14)10-18-16(19)13-9-15(23-11-13)24(17,20)21/h4-6,8-9,11H,2-3,7,10H2,1H3,(H,18,19)(H2,17,20,21). The zero-order chi connectivity index (χ0) is 17.6. The first-order chi connectivity index (χ1) is 11.4. The lowest BCUT2D eigenvalue weighted by Gasteiger charge is -2.08. The summed E-state index contributed by atoms with van der Waals surface area (Å²) in [7, 11) is -3.78. The van der Waals surface area contributed by atoms with E-state index < -0.39 is 10.0 Å². The van der Waals surface area contributed by atoms with Crippen molar-refractivity contribution in [3.8, 4) is 5.75 Å². The molecule has 1 aromatic heterocycles. The third-order valence-corrected chi connectivity index (χ3v) is 5.62. The second kappa shape index (κ2) is 8.27. The molecule has 0 aliphatic heterocycles. The predicted octanol–water partition coefficient (Wildman–Crippen LogP) is 2.50. The fourth-order valence-corrected chi connectivity index (χ4v) is 3.53. The third-order valence-electron chi connectivity index (χ3n) is 3.24. The lowest BCUT2D eigenvalue weighted by atomic mass is 10.2. The average molecular weight is 368 g/mol. The Hall–Kier alpha value is -1.90. The highest BCUT2D eigenvalue weighted by Gasteiger charge is 2.15. The van der Waals surface area contributed by atoms with Gasteiger partial charge in [0.15, 0.2) is 0 Å². The molecule has 0 unspecified atom stereocenters. The van der Waals surface area contributed by atoms with Crippen molar-refractivity contribution in [3.63, 3.8) is 0 Å². The summed E-state index contributed by atoms with van der Waals surface area (Å²) in [4.78, 5) is 12.1. The molecule has 0 bridgehead atoms. The van der Waals surface area contributed by atoms with Crippen molar-refractivity contribution in [2.24, 2.45) is 5.14 Å². The van der Waals surface area contributed by atoms with Crippen LogP contribution in [0.25, 0.3) is 0 Å². The Morgan fingerprint density at radius 3 is 2.79 bits per heavy atom. The maximum absolute atomic E-state index is 12.1. The fourth-order valence-electron chi connectivity index (χ4n) is 1.95. The van der Waals surface area contributed by atoms with Gasteiger partial charge in [-0.05, 0) is 30.2 Å². The van der Waals surface area contributed by atoms with Gasteiger partial charge in [-0.1, -0.05) is 25.5 Å². The monoisotopic (exact) mass is 368 g/mol. The number of hydrogen-bond donors (Lipinski definition) is 2. The predicted molar refractivity (Wildman–Crippen MR) is 93.7 cm³/mol. The second-order valence-electron chi connectivity index (χ2n) is 5.23. The first-order valence-corrected chi connectivity index (χ1v) is 9.94. The van der Waals surface area contributed by atoms with Gasteiger partial charge in [-0.15, -0.1) is 11.3 Å². The topological polar surface area (TPSA) is 98.5 Å². The van der Waals surface area contributed by atoms with Crippen molar-refractivity contribution < 1.29 is 17.9 Å². The molecule has 8 heteroatoms. The zero-order valence-electron chi connectivity index (χ0n) is 13.3. The molecule has 0 aliphatic rings. The summed E-state index contributed by atoms with van der Waals surface area (Å²) in [5.41, 5.74) is 1.18. The molecule has 3 N–H and O–H groups in total. The Balaban J connectivity index is 1.94. The number of nitrogens with one attached hydrogen (secondary N) is 1. The number of carbonyl (C=O) groups is 1. The molecule has 0 saturated carbocycles. The Labute approximate surface area is 145 Å². The molecule has 24 heavy (non-hydrogen) atoms. The van der Waals surface area contributed by atoms with Gasteiger partial charge < -0.3 is 10.1 Å². The van der Waals surface area contributed by atoms with Crippen molar-refractivity contribution in [2.45, 2.75) is 30.5 Å². The van der Waals surface area contributed by atoms with E-state index in [9.17, 15) is 13.2 Å². The quantitative estimate of drug-likeness (QED) is 0.699. The minimum Gasteiger partial charge on any atom is -0.494 e. The van der Waals surface area contributed by atoms with Crippen molar-refractivity contribution in [3.05, 3.63) is 46.8 Å². The van der Waals surface area contributed by atoms with Crippen LogP contribution in [0.3, 0.4) is 0 Å². The van der Waals surface area contributed by atoms with E-state index >= 15 is 0 Å². The smallest absolute Gasteiger partial charge is 0.252 e. The molecule has 0 fully saturated rings. The van der Waals surface area contributed by atoms with E-state index in [0.717, 1.165) is 35.5 Å². The summed E-state index contributed by atoms with van der Waals surface area (Å²) < 4.78 is 28.1. The highest BCUT2D eigenvalue weighted by molar-refractivity contribution is 7.91. The van der Waals surface area contributed by atoms with Gasteiger partial charge in [-0.25, -0.2) is 13.6 Å². The van der Waals surface area contributed by atoms with E-state index in [-0.39, 0.29) is 15.7 Å². The number of amides is 1. The molecular formula is C16H20N2O4S2. The van der Waals surface area contributed by atoms with Crippen LogP contribution in [0.2, 0.25) is 0 Å². The Morgan fingerprint density at radius 1 is 1.33 bits per heavy atom. The van der Waals surface area contributed by atoms with Gasteiger partial charge in [-0.2, -0.15) is 0 Å². The lowest BCUT2D eigenvalue weighted by molar-refractivity contribution is 0.0951. The average Bonchev–Trinajstić information content (AvgIpc) is 3.04. The number of carbonyl (C=O) groups excluding carboxylic acids is 1. The van der Waals surface area contributed by atoms with Crippen LogP contribution in [0.1, 0.15) is 35.7 Å². The highest BCUT2D eigenvalue weighted by atomic mass is 32.2. The molecule has 2 aromatic rings. The summed E-state index contributed by atoms with van der Waals surface area (Å²) in [6, 6.07) is 8.78. The van der Waals surface area contributed by atoms with Crippen LogP contribution in [0.15, 0.2) is 39.9 Å². The first kappa shape index (κ1) is 18.4. The van der Waals surface area contributed by atoms with Gasteiger partial charge in [0.05, 0.1) is 12.2 Å². The molecule has 1 amide bonds. The van der Waals surface area contributed by atoms with Crippen LogP contribution in [0, 0.1) is 0 Å². The van der Waals surface area contributed by atoms with Gasteiger partial charge in [0.2, 0.25) is 10.0 Å². The van der Waals surface area contributed by atoms with E-state index in [1.54, 1.807) is 0 Å². The van der Waals surface area contributed by atoms with Gasteiger partial charge >= 0.3 is 0 Å². The third kappa shape index (κ3) is 5.33. The van der Waals surface area contributed by atoms with E-state index in [1.807, 2.05) is 24.3 Å². The normalized spacial score (nSPS) is 11.2. The molecule has 2 rings (SSSR count). The summed E-state index contributed by atoms with van der Waals surface area (Å²) in [6.07, 6.45) is 2.06. The number of rotatable bonds is 8. The molecule has 0 aliphatic carbocycles. The number of nitrogens with two attached hydrogens (primary N) is 1. The van der Waals surface area contributed by atoms with Gasteiger partial charge in [-0.3, -0.25) is 4.79 Å². The van der Waals surface area contributed by atoms with Crippen LogP contribution < -0.4 is 15.2 Å². The van der Waals surface area contributed by atoms with Crippen molar-refractivity contribution in [2.75, 3.05) is 6.61 Å². The maximum atomic E-state index is 12.1. The van der Waals surface area contributed by atoms with Crippen LogP contribution in [-0.2, 0) is 16.6 Å². The fraction of sp³-hybridized carbons (Fsp3) is 0.312. The molecule has 0 saturated heterocycles. The largest absolute Gasteiger partial charge is 0.494 e. The molecular weight excluding hydrogens is 348 g/mol. The lowest BCUT2D eigenvalue weighted by Crippen LogP contribution is -2.22. The first-order valence-electron chi connectivity index (χ1n) is 7.51. The molecule has 1 aromatic carbocycles. The van der Waals surface area contributed by atoms with Crippen molar-refractivity contribution >= 4 is 27.3 Å². The molecule has 0 atom stereocenters. The number of thiophene rings is 1. The minimum atomic E-state index is -3.78. The molecule has 0 radical (unpaired) electrons. The number of sulfonamides is 1. The van der Waals surface area contributed by atoms with Gasteiger partial charge in [0, 0.05) is 11.9 Å². The molecule has 1 heterocycles. The van der Waals surface area contributed by atoms with Crippen LogP contribution in [0.4, 0.5) is 0 Å². The van der Waals surface area contributed by atoms with Crippen LogP contribution in [0.5, 0.6) is 5.75 Å². The van der Waals surface area contributed by atoms with E-state index in [2.05, 4.69) is 12.2 Å². The maximum Gasteiger partial charge on any atom is 0.252 e. The van der Waals surface area contributed by atoms with E-state index in [0.29, 0.717) is 13.2 Å². The molecule has 130 valence electrons. The zero-order valence-corrected chi connectivity index (χ0v) is 15.0. The number of benzene rings is 1. The summed E-state index contributed by atoms with van der Waals surface area (Å²) in [5.74, 6) is 0.417. The highest BCUT2D eigenvalue weighted by Crippen LogP contribution is 2.19. The van der Waals surface area contributed by atoms with Gasteiger partial charge in [0.1, 0.15) is 9.96 Å².